The second kappa shape index (κ2) is 6.33. The number of nitrogens with one attached hydrogen (secondary N) is 1. The van der Waals surface area contributed by atoms with Gasteiger partial charge in [0, 0.05) is 11.0 Å². The molecule has 0 fully saturated rings. The summed E-state index contributed by atoms with van der Waals surface area (Å²) in [7, 11) is -2.83. The molecule has 0 spiro atoms. The molecule has 0 bridgehead atoms. The van der Waals surface area contributed by atoms with E-state index in [9.17, 15) is 18.3 Å². The number of halogens is 1. The number of sulfonamides is 1. The van der Waals surface area contributed by atoms with Gasteiger partial charge in [-0.2, -0.15) is 0 Å². The molecular formula is C10H13BrN2O5S. The van der Waals surface area contributed by atoms with E-state index in [1.807, 2.05) is 0 Å². The van der Waals surface area contributed by atoms with Gasteiger partial charge in [0.25, 0.3) is 0 Å². The zero-order chi connectivity index (χ0) is 14.6. The van der Waals surface area contributed by atoms with Crippen LogP contribution in [0.2, 0.25) is 0 Å². The summed E-state index contributed by atoms with van der Waals surface area (Å²) >= 11 is 3.13. The molecule has 9 heteroatoms. The smallest absolute Gasteiger partial charge is 0.336 e. The molecule has 4 N–H and O–H groups in total. The molecule has 1 aromatic carbocycles. The van der Waals surface area contributed by atoms with Crippen molar-refractivity contribution in [2.75, 3.05) is 19.4 Å². The normalized spacial score (nSPS) is 13.0. The number of benzene rings is 1. The van der Waals surface area contributed by atoms with Crippen LogP contribution < -0.4 is 10.5 Å². The quantitative estimate of drug-likeness (QED) is 0.500. The van der Waals surface area contributed by atoms with Gasteiger partial charge in [0.05, 0.1) is 12.8 Å². The van der Waals surface area contributed by atoms with Crippen LogP contribution in [0, 0.1) is 0 Å². The number of carbonyl (C=O) groups is 1. The van der Waals surface area contributed by atoms with Gasteiger partial charge in [0.2, 0.25) is 10.0 Å². The van der Waals surface area contributed by atoms with E-state index in [2.05, 4.69) is 25.4 Å². The van der Waals surface area contributed by atoms with Gasteiger partial charge in [0.15, 0.2) is 6.10 Å². The van der Waals surface area contributed by atoms with Gasteiger partial charge in [-0.15, -0.1) is 0 Å². The first-order chi connectivity index (χ1) is 8.77. The van der Waals surface area contributed by atoms with E-state index in [-0.39, 0.29) is 10.6 Å². The van der Waals surface area contributed by atoms with Gasteiger partial charge in [-0.1, -0.05) is 15.9 Å². The first kappa shape index (κ1) is 15.9. The molecule has 1 aromatic rings. The van der Waals surface area contributed by atoms with E-state index in [0.29, 0.717) is 4.47 Å². The molecule has 0 heterocycles. The number of hydrogen-bond donors (Lipinski definition) is 3. The molecule has 7 nitrogen and oxygen atoms in total. The molecule has 106 valence electrons. The maximum absolute atomic E-state index is 11.9. The summed E-state index contributed by atoms with van der Waals surface area (Å²) in [4.78, 5) is 10.8. The van der Waals surface area contributed by atoms with Crippen molar-refractivity contribution in [1.82, 2.24) is 4.72 Å². The fraction of sp³-hybridized carbons (Fsp3) is 0.300. The van der Waals surface area contributed by atoms with Crippen molar-refractivity contribution in [3.05, 3.63) is 22.7 Å². The highest BCUT2D eigenvalue weighted by Gasteiger charge is 2.22. The van der Waals surface area contributed by atoms with E-state index >= 15 is 0 Å². The highest BCUT2D eigenvalue weighted by atomic mass is 79.9. The Bertz CT molecular complexity index is 575. The minimum Gasteiger partial charge on any atom is -0.467 e. The molecule has 0 aliphatic rings. The Hall–Kier alpha value is -1.16. The second-order valence-electron chi connectivity index (χ2n) is 3.57. The summed E-state index contributed by atoms with van der Waals surface area (Å²) in [5.41, 5.74) is 5.63. The lowest BCUT2D eigenvalue weighted by Gasteiger charge is -2.12. The Morgan fingerprint density at radius 1 is 1.58 bits per heavy atom. The Labute approximate surface area is 118 Å². The van der Waals surface area contributed by atoms with E-state index in [4.69, 9.17) is 5.73 Å². The van der Waals surface area contributed by atoms with Crippen molar-refractivity contribution < 1.29 is 23.1 Å². The molecule has 1 rings (SSSR count). The minimum absolute atomic E-state index is 0.0586. The summed E-state index contributed by atoms with van der Waals surface area (Å²) in [5, 5.41) is 9.31. The van der Waals surface area contributed by atoms with Crippen LogP contribution >= 0.6 is 15.9 Å². The summed E-state index contributed by atoms with van der Waals surface area (Å²) in [6.07, 6.45) is -1.58. The van der Waals surface area contributed by atoms with E-state index in [0.717, 1.165) is 7.11 Å². The highest BCUT2D eigenvalue weighted by molar-refractivity contribution is 9.10. The van der Waals surface area contributed by atoms with Gasteiger partial charge >= 0.3 is 5.97 Å². The molecular weight excluding hydrogens is 340 g/mol. The number of aliphatic hydroxyl groups excluding tert-OH is 1. The predicted molar refractivity (Wildman–Crippen MR) is 71.8 cm³/mol. The molecule has 0 amide bonds. The average Bonchev–Trinajstić information content (AvgIpc) is 2.37. The molecule has 0 aromatic heterocycles. The number of esters is 1. The Morgan fingerprint density at radius 2 is 2.21 bits per heavy atom. The van der Waals surface area contributed by atoms with Crippen LogP contribution in [0.5, 0.6) is 0 Å². The molecule has 0 aliphatic heterocycles. The number of carbonyl (C=O) groups excluding carboxylic acids is 1. The van der Waals surface area contributed by atoms with E-state index in [1.165, 1.54) is 12.1 Å². The third kappa shape index (κ3) is 4.16. The molecule has 1 atom stereocenters. The lowest BCUT2D eigenvalue weighted by Crippen LogP contribution is -2.37. The van der Waals surface area contributed by atoms with Crippen LogP contribution in [0.1, 0.15) is 0 Å². The van der Waals surface area contributed by atoms with Gasteiger partial charge in [-0.3, -0.25) is 0 Å². The van der Waals surface area contributed by atoms with Crippen LogP contribution in [0.25, 0.3) is 0 Å². The first-order valence-corrected chi connectivity index (χ1v) is 7.36. The standard InChI is InChI=1S/C10H13BrN2O5S/c1-18-10(15)8(14)5-13-19(16,17)9-4-6(11)2-3-7(9)12/h2-4,8,13-14H,5,12H2,1H3. The van der Waals surface area contributed by atoms with Crippen LogP contribution in [0.4, 0.5) is 5.69 Å². The number of anilines is 1. The van der Waals surface area contributed by atoms with Crippen molar-refractivity contribution in [3.63, 3.8) is 0 Å². The molecule has 0 radical (unpaired) electrons. The molecule has 1 unspecified atom stereocenters. The fourth-order valence-electron chi connectivity index (χ4n) is 1.23. The lowest BCUT2D eigenvalue weighted by molar-refractivity contribution is -0.149. The fourth-order valence-corrected chi connectivity index (χ4v) is 2.93. The van der Waals surface area contributed by atoms with Gasteiger partial charge in [-0.25, -0.2) is 17.9 Å². The monoisotopic (exact) mass is 352 g/mol. The molecule has 19 heavy (non-hydrogen) atoms. The van der Waals surface area contributed by atoms with Gasteiger partial charge in [0.1, 0.15) is 4.90 Å². The zero-order valence-electron chi connectivity index (χ0n) is 9.96. The summed E-state index contributed by atoms with van der Waals surface area (Å²) in [6.45, 7) is -0.499. The number of ether oxygens (including phenoxy) is 1. The zero-order valence-corrected chi connectivity index (χ0v) is 12.4. The lowest BCUT2D eigenvalue weighted by atomic mass is 10.3. The van der Waals surface area contributed by atoms with Crippen molar-refractivity contribution in [3.8, 4) is 0 Å². The van der Waals surface area contributed by atoms with Crippen molar-refractivity contribution in [1.29, 1.82) is 0 Å². The van der Waals surface area contributed by atoms with Gasteiger partial charge in [-0.05, 0) is 18.2 Å². The molecule has 0 saturated carbocycles. The number of methoxy groups -OCH3 is 1. The number of rotatable bonds is 5. The summed E-state index contributed by atoms with van der Waals surface area (Å²) < 4.78 is 30.8. The van der Waals surface area contributed by atoms with Crippen LogP contribution in [0.15, 0.2) is 27.6 Å². The topological polar surface area (TPSA) is 119 Å². The molecule has 0 saturated heterocycles. The Morgan fingerprint density at radius 3 is 2.79 bits per heavy atom. The van der Waals surface area contributed by atoms with E-state index < -0.39 is 28.6 Å². The number of nitrogen functional groups attached to an aromatic ring is 1. The SMILES string of the molecule is COC(=O)C(O)CNS(=O)(=O)c1cc(Br)ccc1N. The number of hydrogen-bond acceptors (Lipinski definition) is 6. The third-order valence-corrected chi connectivity index (χ3v) is 4.18. The molecule has 0 aliphatic carbocycles. The van der Waals surface area contributed by atoms with Crippen molar-refractivity contribution in [2.45, 2.75) is 11.0 Å². The largest absolute Gasteiger partial charge is 0.467 e. The van der Waals surface area contributed by atoms with E-state index in [1.54, 1.807) is 6.07 Å². The minimum atomic E-state index is -3.92. The number of nitrogens with two attached hydrogens (primary N) is 1. The van der Waals surface area contributed by atoms with Crippen LogP contribution in [-0.2, 0) is 19.6 Å². The first-order valence-electron chi connectivity index (χ1n) is 5.08. The third-order valence-electron chi connectivity index (χ3n) is 2.21. The summed E-state index contributed by atoms with van der Waals surface area (Å²) in [5.74, 6) is -0.926. The number of aliphatic hydroxyl groups is 1. The summed E-state index contributed by atoms with van der Waals surface area (Å²) in [6, 6.07) is 4.34. The second-order valence-corrected chi connectivity index (χ2v) is 6.22. The van der Waals surface area contributed by atoms with Crippen molar-refractivity contribution >= 4 is 37.6 Å². The van der Waals surface area contributed by atoms with Crippen LogP contribution in [0.3, 0.4) is 0 Å². The maximum Gasteiger partial charge on any atom is 0.336 e. The average molecular weight is 353 g/mol. The van der Waals surface area contributed by atoms with Crippen LogP contribution in [-0.4, -0.2) is 39.3 Å². The van der Waals surface area contributed by atoms with Gasteiger partial charge < -0.3 is 15.6 Å². The predicted octanol–water partition coefficient (Wildman–Crippen LogP) is -0.157. The highest BCUT2D eigenvalue weighted by Crippen LogP contribution is 2.22. The van der Waals surface area contributed by atoms with Crippen molar-refractivity contribution in [2.24, 2.45) is 0 Å². The Kier molecular flexibility index (Phi) is 5.29. The Balaban J connectivity index is 2.87. The maximum atomic E-state index is 11.9.